The van der Waals surface area contributed by atoms with E-state index in [0.29, 0.717) is 37.6 Å². The molecule has 2 aromatic rings. The van der Waals surface area contributed by atoms with E-state index in [-0.39, 0.29) is 29.6 Å². The number of rotatable bonds is 4. The first-order valence-electron chi connectivity index (χ1n) is 15.8. The minimum atomic E-state index is -2.05. The van der Waals surface area contributed by atoms with Crippen LogP contribution in [-0.4, -0.2) is 67.4 Å². The molecule has 1 unspecified atom stereocenters. The molecular formula is C33H44N4O5. The molecule has 0 radical (unpaired) electrons. The lowest BCUT2D eigenvalue weighted by Gasteiger charge is -2.55. The molecule has 226 valence electrons. The van der Waals surface area contributed by atoms with Crippen LogP contribution < -0.4 is 5.32 Å². The van der Waals surface area contributed by atoms with Crippen molar-refractivity contribution in [3.05, 3.63) is 35.5 Å². The zero-order chi connectivity index (χ0) is 29.9. The molecule has 9 nitrogen and oxygen atoms in total. The standard InChI is InChI=1S/C33H44N4O5/c1-17(2)27-29(39)36-12-8-11-31(36,6)33(41)37(27)30(40)32(42-33,18(3)4)35-28(38)20-13-19(5)23-15-21-16-34-25-10-7-9-22(26(21)25)24(23)14-20/h7,9-10,16-20,23-24,27,34,41H,8,11-15H2,1-6H3,(H,35,38)/t19?,20-,23+,24+,27-,31+,32+,33+/m0/s1. The summed E-state index contributed by atoms with van der Waals surface area (Å²) in [5.41, 5.74) is 0.914. The highest BCUT2D eigenvalue weighted by molar-refractivity contribution is 5.98. The molecule has 5 aliphatic rings. The Hall–Kier alpha value is -2.91. The average Bonchev–Trinajstić information content (AvgIpc) is 3.61. The highest BCUT2D eigenvalue weighted by Gasteiger charge is 2.76. The van der Waals surface area contributed by atoms with Crippen molar-refractivity contribution >= 4 is 28.6 Å². The minimum Gasteiger partial charge on any atom is -0.361 e. The van der Waals surface area contributed by atoms with Gasteiger partial charge in [-0.3, -0.25) is 24.0 Å². The van der Waals surface area contributed by atoms with Crippen molar-refractivity contribution in [2.24, 2.45) is 29.6 Å². The van der Waals surface area contributed by atoms with E-state index >= 15 is 0 Å². The van der Waals surface area contributed by atoms with Gasteiger partial charge >= 0.3 is 0 Å². The predicted molar refractivity (Wildman–Crippen MR) is 157 cm³/mol. The molecule has 1 saturated carbocycles. The SMILES string of the molecule is CC1C[C@H](C(=O)N[C@]2(C(C)C)O[C@@]3(O)N(C2=O)[C@@H](C(C)C)C(=O)N2CCC[C@@]23C)C[C@@H]2c3cccc4[nH]cc(c34)C[C@H]12. The summed E-state index contributed by atoms with van der Waals surface area (Å²) in [7, 11) is 0. The van der Waals surface area contributed by atoms with Crippen molar-refractivity contribution in [2.45, 2.75) is 103 Å². The summed E-state index contributed by atoms with van der Waals surface area (Å²) in [5, 5.41) is 16.7. The second-order valence-electron chi connectivity index (χ2n) is 14.5. The van der Waals surface area contributed by atoms with Gasteiger partial charge in [-0.05, 0) is 79.9 Å². The highest BCUT2D eigenvalue weighted by Crippen LogP contribution is 2.55. The Morgan fingerprint density at radius 3 is 2.67 bits per heavy atom. The Morgan fingerprint density at radius 2 is 1.95 bits per heavy atom. The number of H-pyrrole nitrogens is 1. The van der Waals surface area contributed by atoms with E-state index in [1.165, 1.54) is 21.4 Å². The number of hydrogen-bond donors (Lipinski definition) is 3. The van der Waals surface area contributed by atoms with E-state index in [2.05, 4.69) is 41.6 Å². The van der Waals surface area contributed by atoms with E-state index in [0.717, 1.165) is 18.4 Å². The Labute approximate surface area is 247 Å². The van der Waals surface area contributed by atoms with E-state index in [4.69, 9.17) is 4.74 Å². The van der Waals surface area contributed by atoms with Gasteiger partial charge in [-0.25, -0.2) is 0 Å². The molecule has 3 amide bonds. The molecule has 8 atom stereocenters. The number of nitrogens with one attached hydrogen (secondary N) is 2. The molecule has 9 heteroatoms. The summed E-state index contributed by atoms with van der Waals surface area (Å²) < 4.78 is 6.54. The van der Waals surface area contributed by atoms with E-state index in [1.807, 2.05) is 27.7 Å². The van der Waals surface area contributed by atoms with Crippen molar-refractivity contribution in [1.82, 2.24) is 20.1 Å². The summed E-state index contributed by atoms with van der Waals surface area (Å²) in [6.07, 6.45) is 5.75. The van der Waals surface area contributed by atoms with Gasteiger partial charge in [-0.15, -0.1) is 0 Å². The van der Waals surface area contributed by atoms with Gasteiger partial charge in [0.05, 0.1) is 0 Å². The van der Waals surface area contributed by atoms with Crippen LogP contribution >= 0.6 is 0 Å². The van der Waals surface area contributed by atoms with Crippen LogP contribution in [0.1, 0.15) is 84.3 Å². The monoisotopic (exact) mass is 576 g/mol. The number of hydrogen-bond acceptors (Lipinski definition) is 5. The second-order valence-corrected chi connectivity index (χ2v) is 14.5. The number of ether oxygens (including phenoxy) is 1. The number of piperazine rings is 1. The molecule has 3 N–H and O–H groups in total. The number of benzene rings is 1. The third kappa shape index (κ3) is 3.41. The van der Waals surface area contributed by atoms with Gasteiger partial charge in [0.1, 0.15) is 11.6 Å². The van der Waals surface area contributed by atoms with Gasteiger partial charge in [-0.2, -0.15) is 0 Å². The Kier molecular flexibility index (Phi) is 6.01. The van der Waals surface area contributed by atoms with Gasteiger partial charge in [0.2, 0.25) is 17.5 Å². The number of aromatic amines is 1. The third-order valence-electron chi connectivity index (χ3n) is 11.5. The fraction of sp³-hybridized carbons (Fsp3) is 0.667. The van der Waals surface area contributed by atoms with Crippen molar-refractivity contribution in [3.63, 3.8) is 0 Å². The van der Waals surface area contributed by atoms with Crippen LogP contribution in [0.15, 0.2) is 24.4 Å². The Balaban J connectivity index is 1.23. The van der Waals surface area contributed by atoms with Crippen molar-refractivity contribution in [3.8, 4) is 0 Å². The Morgan fingerprint density at radius 1 is 1.19 bits per heavy atom. The van der Waals surface area contributed by atoms with Gasteiger partial charge in [0, 0.05) is 35.5 Å². The van der Waals surface area contributed by atoms with E-state index in [9.17, 15) is 19.5 Å². The van der Waals surface area contributed by atoms with Crippen LogP contribution in [0.25, 0.3) is 10.9 Å². The molecule has 1 aromatic heterocycles. The molecule has 2 aliphatic carbocycles. The number of fused-ring (bicyclic) bond motifs is 5. The molecule has 0 bridgehead atoms. The first-order valence-corrected chi connectivity index (χ1v) is 15.8. The number of aromatic nitrogens is 1. The number of aliphatic hydroxyl groups is 1. The number of nitrogens with zero attached hydrogens (tertiary/aromatic N) is 2. The number of amides is 3. The number of carbonyl (C=O) groups excluding carboxylic acids is 3. The largest absolute Gasteiger partial charge is 0.361 e. The summed E-state index contributed by atoms with van der Waals surface area (Å²) in [6.45, 7) is 12.0. The average molecular weight is 577 g/mol. The minimum absolute atomic E-state index is 0.166. The number of carbonyl (C=O) groups is 3. The van der Waals surface area contributed by atoms with Crippen molar-refractivity contribution < 1.29 is 24.2 Å². The van der Waals surface area contributed by atoms with Crippen LogP contribution in [0.4, 0.5) is 0 Å². The molecule has 4 heterocycles. The normalized spacial score (nSPS) is 39.2. The van der Waals surface area contributed by atoms with Crippen LogP contribution in [-0.2, 0) is 25.5 Å². The predicted octanol–water partition coefficient (Wildman–Crippen LogP) is 3.86. The lowest BCUT2D eigenvalue weighted by molar-refractivity contribution is -0.348. The lowest BCUT2D eigenvalue weighted by atomic mass is 9.61. The molecule has 42 heavy (non-hydrogen) atoms. The molecule has 0 spiro atoms. The van der Waals surface area contributed by atoms with Crippen molar-refractivity contribution in [1.29, 1.82) is 0 Å². The summed E-state index contributed by atoms with van der Waals surface area (Å²) in [6, 6.07) is 5.52. The van der Waals surface area contributed by atoms with E-state index < -0.39 is 35.0 Å². The lowest BCUT2D eigenvalue weighted by Crippen LogP contribution is -2.77. The highest BCUT2D eigenvalue weighted by atomic mass is 16.7. The molecular weight excluding hydrogens is 532 g/mol. The fourth-order valence-electron chi connectivity index (χ4n) is 9.22. The molecule has 3 aliphatic heterocycles. The Bertz CT molecular complexity index is 1480. The van der Waals surface area contributed by atoms with E-state index in [1.54, 1.807) is 11.8 Å². The van der Waals surface area contributed by atoms with Crippen LogP contribution in [0.2, 0.25) is 0 Å². The first kappa shape index (κ1) is 27.9. The third-order valence-corrected chi connectivity index (χ3v) is 11.5. The van der Waals surface area contributed by atoms with Crippen LogP contribution in [0, 0.1) is 29.6 Å². The zero-order valence-electron chi connectivity index (χ0n) is 25.6. The van der Waals surface area contributed by atoms with Crippen LogP contribution in [0.3, 0.4) is 0 Å². The quantitative estimate of drug-likeness (QED) is 0.512. The molecule has 1 aromatic carbocycles. The fourth-order valence-corrected chi connectivity index (χ4v) is 9.22. The molecule has 4 fully saturated rings. The maximum Gasteiger partial charge on any atom is 0.281 e. The first-order chi connectivity index (χ1) is 19.8. The van der Waals surface area contributed by atoms with Gasteiger partial charge in [0.15, 0.2) is 0 Å². The summed E-state index contributed by atoms with van der Waals surface area (Å²) in [4.78, 5) is 48.9. The maximum absolute atomic E-state index is 14.5. The summed E-state index contributed by atoms with van der Waals surface area (Å²) >= 11 is 0. The molecule has 3 saturated heterocycles. The maximum atomic E-state index is 14.5. The van der Waals surface area contributed by atoms with Gasteiger partial charge in [0.25, 0.3) is 11.8 Å². The van der Waals surface area contributed by atoms with Gasteiger partial charge < -0.3 is 20.3 Å². The van der Waals surface area contributed by atoms with Gasteiger partial charge in [-0.1, -0.05) is 46.8 Å². The van der Waals surface area contributed by atoms with Crippen molar-refractivity contribution in [2.75, 3.05) is 6.54 Å². The second kappa shape index (κ2) is 9.05. The summed E-state index contributed by atoms with van der Waals surface area (Å²) in [5.74, 6) is -2.99. The zero-order valence-corrected chi connectivity index (χ0v) is 25.6. The topological polar surface area (TPSA) is 115 Å². The molecule has 7 rings (SSSR count). The van der Waals surface area contributed by atoms with Crippen LogP contribution in [0.5, 0.6) is 0 Å². The smallest absolute Gasteiger partial charge is 0.281 e.